The Morgan fingerprint density at radius 1 is 1.07 bits per heavy atom. The van der Waals surface area contributed by atoms with Gasteiger partial charge in [-0.25, -0.2) is 0 Å². The molecular weight excluding hydrogens is 340 g/mol. The largest absolute Gasteiger partial charge is 0.493 e. The number of ether oxygens (including phenoxy) is 4. The molecule has 27 heavy (non-hydrogen) atoms. The minimum atomic E-state index is 0.138. The van der Waals surface area contributed by atoms with E-state index >= 15 is 0 Å². The lowest BCUT2D eigenvalue weighted by Crippen LogP contribution is -2.16. The van der Waals surface area contributed by atoms with Crippen LogP contribution in [-0.2, 0) is 9.47 Å². The number of benzene rings is 1. The molecule has 0 aromatic heterocycles. The minimum absolute atomic E-state index is 0.138. The van der Waals surface area contributed by atoms with Gasteiger partial charge in [0.15, 0.2) is 11.5 Å². The van der Waals surface area contributed by atoms with Crippen molar-refractivity contribution in [1.82, 2.24) is 0 Å². The molecule has 0 aliphatic carbocycles. The molecule has 0 saturated carbocycles. The quantitative estimate of drug-likeness (QED) is 0.353. The van der Waals surface area contributed by atoms with Gasteiger partial charge in [-0.15, -0.1) is 0 Å². The Balaban J connectivity index is 0.000000533. The lowest BCUT2D eigenvalue weighted by Gasteiger charge is -2.14. The molecule has 0 fully saturated rings. The Bertz CT molecular complexity index is 561. The molecule has 0 spiro atoms. The molecule has 4 heteroatoms. The highest BCUT2D eigenvalue weighted by atomic mass is 16.5. The van der Waals surface area contributed by atoms with E-state index in [9.17, 15) is 0 Å². The fraction of sp³-hybridized carbons (Fsp3) is 0.478. The Labute approximate surface area is 165 Å². The van der Waals surface area contributed by atoms with Gasteiger partial charge in [0.1, 0.15) is 12.4 Å². The SMILES string of the molecule is CCOc1ccccc1OC.C\C=C/C=C(\C=C/C)OCC(C)OCCC. The molecule has 0 amide bonds. The summed E-state index contributed by atoms with van der Waals surface area (Å²) in [4.78, 5) is 0. The zero-order valence-corrected chi connectivity index (χ0v) is 17.7. The zero-order valence-electron chi connectivity index (χ0n) is 17.7. The molecule has 0 heterocycles. The van der Waals surface area contributed by atoms with E-state index in [0.29, 0.717) is 13.2 Å². The van der Waals surface area contributed by atoms with E-state index in [4.69, 9.17) is 18.9 Å². The van der Waals surface area contributed by atoms with Gasteiger partial charge in [0.2, 0.25) is 0 Å². The first-order chi connectivity index (χ1) is 13.1. The van der Waals surface area contributed by atoms with Crippen LogP contribution >= 0.6 is 0 Å². The van der Waals surface area contributed by atoms with Crippen molar-refractivity contribution < 1.29 is 18.9 Å². The van der Waals surface area contributed by atoms with Crippen molar-refractivity contribution in [2.75, 3.05) is 26.9 Å². The van der Waals surface area contributed by atoms with Crippen LogP contribution in [0.2, 0.25) is 0 Å². The molecule has 1 rings (SSSR count). The highest BCUT2D eigenvalue weighted by molar-refractivity contribution is 5.39. The van der Waals surface area contributed by atoms with Crippen LogP contribution in [0.15, 0.2) is 60.4 Å². The fourth-order valence-corrected chi connectivity index (χ4v) is 1.98. The van der Waals surface area contributed by atoms with Crippen molar-refractivity contribution in [2.24, 2.45) is 0 Å². The van der Waals surface area contributed by atoms with E-state index in [0.717, 1.165) is 30.3 Å². The van der Waals surface area contributed by atoms with Crippen LogP contribution in [0.4, 0.5) is 0 Å². The molecule has 1 unspecified atom stereocenters. The summed E-state index contributed by atoms with van der Waals surface area (Å²) < 4.78 is 21.5. The normalized spacial score (nSPS) is 12.6. The Hall–Kier alpha value is -2.20. The zero-order chi connectivity index (χ0) is 20.3. The third kappa shape index (κ3) is 12.7. The average Bonchev–Trinajstić information content (AvgIpc) is 2.69. The second-order valence-corrected chi connectivity index (χ2v) is 5.67. The van der Waals surface area contributed by atoms with Gasteiger partial charge >= 0.3 is 0 Å². The summed E-state index contributed by atoms with van der Waals surface area (Å²) in [7, 11) is 1.64. The summed E-state index contributed by atoms with van der Waals surface area (Å²) in [5.74, 6) is 2.46. The maximum absolute atomic E-state index is 5.64. The topological polar surface area (TPSA) is 36.9 Å². The molecule has 0 radical (unpaired) electrons. The number of methoxy groups -OCH3 is 1. The summed E-state index contributed by atoms with van der Waals surface area (Å²) in [5, 5.41) is 0. The summed E-state index contributed by atoms with van der Waals surface area (Å²) in [6.07, 6.45) is 11.0. The molecule has 1 aromatic carbocycles. The second-order valence-electron chi connectivity index (χ2n) is 5.67. The molecule has 0 aliphatic heterocycles. The maximum Gasteiger partial charge on any atom is 0.161 e. The van der Waals surface area contributed by atoms with Crippen LogP contribution in [0, 0.1) is 0 Å². The van der Waals surface area contributed by atoms with Gasteiger partial charge < -0.3 is 18.9 Å². The summed E-state index contributed by atoms with van der Waals surface area (Å²) in [6.45, 7) is 12.1. The number of hydrogen-bond donors (Lipinski definition) is 0. The second kappa shape index (κ2) is 17.2. The van der Waals surface area contributed by atoms with E-state index in [-0.39, 0.29) is 6.10 Å². The van der Waals surface area contributed by atoms with Crippen LogP contribution in [0.5, 0.6) is 11.5 Å². The number of allylic oxidation sites excluding steroid dienone is 5. The van der Waals surface area contributed by atoms with Gasteiger partial charge in [0.05, 0.1) is 19.8 Å². The van der Waals surface area contributed by atoms with E-state index in [2.05, 4.69) is 6.92 Å². The Morgan fingerprint density at radius 3 is 2.33 bits per heavy atom. The standard InChI is InChI=1S/C14H24O2.C9H12O2/c1-5-8-10-14(9-6-2)16-12-13(4)15-11-7-3;1-3-11-9-7-5-4-6-8(9)10-2/h5-6,8-10,13H,7,11-12H2,1-4H3;4-7H,3H2,1-2H3/b8-5-,9-6-,14-10+;. The van der Waals surface area contributed by atoms with Crippen LogP contribution in [-0.4, -0.2) is 33.0 Å². The van der Waals surface area contributed by atoms with Gasteiger partial charge in [-0.05, 0) is 58.4 Å². The van der Waals surface area contributed by atoms with Crippen molar-refractivity contribution in [1.29, 1.82) is 0 Å². The molecule has 0 aliphatic rings. The van der Waals surface area contributed by atoms with Crippen LogP contribution in [0.3, 0.4) is 0 Å². The predicted octanol–water partition coefficient (Wildman–Crippen LogP) is 5.95. The van der Waals surface area contributed by atoms with Gasteiger partial charge in [0.25, 0.3) is 0 Å². The molecule has 4 nitrogen and oxygen atoms in total. The maximum atomic E-state index is 5.64. The Morgan fingerprint density at radius 2 is 1.78 bits per heavy atom. The lowest BCUT2D eigenvalue weighted by atomic mass is 10.3. The molecule has 152 valence electrons. The smallest absolute Gasteiger partial charge is 0.161 e. The third-order valence-electron chi connectivity index (χ3n) is 3.24. The molecular formula is C23H36O4. The van der Waals surface area contributed by atoms with Crippen LogP contribution in [0.1, 0.15) is 41.0 Å². The van der Waals surface area contributed by atoms with E-state index < -0.39 is 0 Å². The highest BCUT2D eigenvalue weighted by Crippen LogP contribution is 2.25. The molecule has 1 atom stereocenters. The van der Waals surface area contributed by atoms with Crippen molar-refractivity contribution in [3.05, 3.63) is 60.4 Å². The van der Waals surface area contributed by atoms with Crippen LogP contribution < -0.4 is 9.47 Å². The van der Waals surface area contributed by atoms with Crippen molar-refractivity contribution in [3.8, 4) is 11.5 Å². The van der Waals surface area contributed by atoms with Crippen molar-refractivity contribution in [3.63, 3.8) is 0 Å². The summed E-state index contributed by atoms with van der Waals surface area (Å²) >= 11 is 0. The average molecular weight is 377 g/mol. The van der Waals surface area contributed by atoms with Gasteiger partial charge in [0, 0.05) is 6.61 Å². The molecule has 0 bridgehead atoms. The number of para-hydroxylation sites is 2. The summed E-state index contributed by atoms with van der Waals surface area (Å²) in [5.41, 5.74) is 0. The number of hydrogen-bond acceptors (Lipinski definition) is 4. The fourth-order valence-electron chi connectivity index (χ4n) is 1.98. The van der Waals surface area contributed by atoms with Gasteiger partial charge in [-0.1, -0.05) is 37.3 Å². The molecule has 1 aromatic rings. The first kappa shape index (κ1) is 24.8. The van der Waals surface area contributed by atoms with Gasteiger partial charge in [-0.2, -0.15) is 0 Å². The third-order valence-corrected chi connectivity index (χ3v) is 3.24. The predicted molar refractivity (Wildman–Crippen MR) is 114 cm³/mol. The summed E-state index contributed by atoms with van der Waals surface area (Å²) in [6, 6.07) is 7.61. The van der Waals surface area contributed by atoms with Crippen molar-refractivity contribution in [2.45, 2.75) is 47.1 Å². The first-order valence-electron chi connectivity index (χ1n) is 9.58. The van der Waals surface area contributed by atoms with E-state index in [1.807, 2.05) is 82.3 Å². The van der Waals surface area contributed by atoms with E-state index in [1.54, 1.807) is 7.11 Å². The Kier molecular flexibility index (Phi) is 15.8. The highest BCUT2D eigenvalue weighted by Gasteiger charge is 2.02. The van der Waals surface area contributed by atoms with Gasteiger partial charge in [-0.3, -0.25) is 0 Å². The van der Waals surface area contributed by atoms with Crippen molar-refractivity contribution >= 4 is 0 Å². The minimum Gasteiger partial charge on any atom is -0.493 e. The van der Waals surface area contributed by atoms with E-state index in [1.165, 1.54) is 0 Å². The van der Waals surface area contributed by atoms with Crippen LogP contribution in [0.25, 0.3) is 0 Å². The molecule has 0 N–H and O–H groups in total. The number of rotatable bonds is 11. The molecule has 0 saturated heterocycles. The monoisotopic (exact) mass is 376 g/mol. The first-order valence-corrected chi connectivity index (χ1v) is 9.58. The lowest BCUT2D eigenvalue weighted by molar-refractivity contribution is 0.0158.